The van der Waals surface area contributed by atoms with Crippen LogP contribution in [0.5, 0.6) is 0 Å². The summed E-state index contributed by atoms with van der Waals surface area (Å²) in [7, 11) is 1.73. The molecule has 5 nitrogen and oxygen atoms in total. The summed E-state index contributed by atoms with van der Waals surface area (Å²) in [5.41, 5.74) is 7.26. The zero-order chi connectivity index (χ0) is 13.4. The quantitative estimate of drug-likeness (QED) is 0.540. The maximum Gasteiger partial charge on any atom is 0.226 e. The Morgan fingerprint density at radius 3 is 2.78 bits per heavy atom. The fraction of sp³-hybridized carbons (Fsp3) is 0.462. The second kappa shape index (κ2) is 7.68. The van der Waals surface area contributed by atoms with Crippen LogP contribution in [-0.2, 0) is 16.0 Å². The number of carbonyl (C=O) groups excluding carboxylic acids is 1. The summed E-state index contributed by atoms with van der Waals surface area (Å²) >= 11 is 0. The van der Waals surface area contributed by atoms with Crippen molar-refractivity contribution >= 4 is 11.6 Å². The lowest BCUT2D eigenvalue weighted by Gasteiger charge is -2.17. The van der Waals surface area contributed by atoms with E-state index in [-0.39, 0.29) is 12.5 Å². The molecule has 0 radical (unpaired) electrons. The number of anilines is 1. The monoisotopic (exact) mass is 252 g/mol. The highest BCUT2D eigenvalue weighted by molar-refractivity contribution is 5.80. The summed E-state index contributed by atoms with van der Waals surface area (Å²) in [4.78, 5) is 13.5. The summed E-state index contributed by atoms with van der Waals surface area (Å²) < 4.78 is 5.11. The highest BCUT2D eigenvalue weighted by Crippen LogP contribution is 2.11. The minimum absolute atomic E-state index is 0.000462. The molecule has 0 aromatic heterocycles. The highest BCUT2D eigenvalue weighted by atomic mass is 16.5. The van der Waals surface area contributed by atoms with Gasteiger partial charge < -0.3 is 20.5 Å². The van der Waals surface area contributed by atoms with Gasteiger partial charge in [0.2, 0.25) is 5.91 Å². The van der Waals surface area contributed by atoms with Crippen molar-refractivity contribution in [3.8, 4) is 0 Å². The van der Waals surface area contributed by atoms with Crippen LogP contribution in [0.2, 0.25) is 0 Å². The molecule has 0 fully saturated rings. The molecule has 100 valence electrons. The number of ether oxygens (including phenoxy) is 1. The average Bonchev–Trinajstić information content (AvgIpc) is 2.37. The van der Waals surface area contributed by atoms with Crippen molar-refractivity contribution in [3.05, 3.63) is 29.8 Å². The van der Waals surface area contributed by atoms with Crippen molar-refractivity contribution < 1.29 is 14.6 Å². The SMILES string of the molecule is CN(CCOCCO)C(=O)Cc1ccccc1N. The van der Waals surface area contributed by atoms with Gasteiger partial charge in [-0.1, -0.05) is 18.2 Å². The van der Waals surface area contributed by atoms with Crippen molar-refractivity contribution in [2.24, 2.45) is 0 Å². The summed E-state index contributed by atoms with van der Waals surface area (Å²) in [5, 5.41) is 8.55. The first kappa shape index (κ1) is 14.5. The molecule has 5 heteroatoms. The first-order valence-corrected chi connectivity index (χ1v) is 5.91. The third-order valence-corrected chi connectivity index (χ3v) is 2.63. The summed E-state index contributed by atoms with van der Waals surface area (Å²) in [5.74, 6) is 0.000462. The van der Waals surface area contributed by atoms with Gasteiger partial charge in [0.1, 0.15) is 0 Å². The molecule has 0 spiro atoms. The molecular formula is C13H20N2O3. The Kier molecular flexibility index (Phi) is 6.18. The molecule has 0 unspecified atom stereocenters. The van der Waals surface area contributed by atoms with Crippen LogP contribution in [0.4, 0.5) is 5.69 Å². The van der Waals surface area contributed by atoms with Gasteiger partial charge in [0.25, 0.3) is 0 Å². The first-order valence-electron chi connectivity index (χ1n) is 5.91. The number of likely N-dealkylation sites (N-methyl/N-ethyl adjacent to an activating group) is 1. The lowest BCUT2D eigenvalue weighted by atomic mass is 10.1. The lowest BCUT2D eigenvalue weighted by molar-refractivity contribution is -0.129. The Morgan fingerprint density at radius 2 is 2.11 bits per heavy atom. The predicted molar refractivity (Wildman–Crippen MR) is 70.1 cm³/mol. The fourth-order valence-electron chi connectivity index (χ4n) is 1.49. The molecule has 1 rings (SSSR count). The maximum atomic E-state index is 11.9. The van der Waals surface area contributed by atoms with Crippen LogP contribution in [-0.4, -0.2) is 49.3 Å². The number of nitrogen functional groups attached to an aromatic ring is 1. The third kappa shape index (κ3) is 4.73. The van der Waals surface area contributed by atoms with Gasteiger partial charge in [-0.15, -0.1) is 0 Å². The molecule has 1 aromatic carbocycles. The van der Waals surface area contributed by atoms with Crippen LogP contribution >= 0.6 is 0 Å². The zero-order valence-electron chi connectivity index (χ0n) is 10.6. The van der Waals surface area contributed by atoms with E-state index in [0.29, 0.717) is 31.9 Å². The first-order chi connectivity index (χ1) is 8.65. The molecule has 0 bridgehead atoms. The van der Waals surface area contributed by atoms with Crippen molar-refractivity contribution in [1.29, 1.82) is 0 Å². The smallest absolute Gasteiger partial charge is 0.226 e. The topological polar surface area (TPSA) is 75.8 Å². The Morgan fingerprint density at radius 1 is 1.39 bits per heavy atom. The maximum absolute atomic E-state index is 11.9. The number of aliphatic hydroxyl groups excluding tert-OH is 1. The van der Waals surface area contributed by atoms with E-state index in [2.05, 4.69) is 0 Å². The van der Waals surface area contributed by atoms with E-state index in [4.69, 9.17) is 15.6 Å². The second-order valence-electron chi connectivity index (χ2n) is 4.03. The van der Waals surface area contributed by atoms with Crippen LogP contribution in [0.15, 0.2) is 24.3 Å². The van der Waals surface area contributed by atoms with Crippen LogP contribution in [0.25, 0.3) is 0 Å². The molecule has 18 heavy (non-hydrogen) atoms. The van der Waals surface area contributed by atoms with E-state index in [9.17, 15) is 4.79 Å². The van der Waals surface area contributed by atoms with E-state index in [0.717, 1.165) is 5.56 Å². The van der Waals surface area contributed by atoms with Gasteiger partial charge in [-0.25, -0.2) is 0 Å². The number of nitrogens with two attached hydrogens (primary N) is 1. The normalized spacial score (nSPS) is 10.3. The van der Waals surface area contributed by atoms with E-state index in [1.54, 1.807) is 18.0 Å². The molecule has 0 saturated heterocycles. The predicted octanol–water partition coefficient (Wildman–Crippen LogP) is 0.279. The van der Waals surface area contributed by atoms with Crippen LogP contribution in [0.1, 0.15) is 5.56 Å². The van der Waals surface area contributed by atoms with Crippen LogP contribution in [0, 0.1) is 0 Å². The van der Waals surface area contributed by atoms with Gasteiger partial charge in [-0.3, -0.25) is 4.79 Å². The number of hydrogen-bond donors (Lipinski definition) is 2. The number of hydrogen-bond acceptors (Lipinski definition) is 4. The Hall–Kier alpha value is -1.59. The van der Waals surface area contributed by atoms with Gasteiger partial charge in [-0.05, 0) is 11.6 Å². The van der Waals surface area contributed by atoms with E-state index in [1.165, 1.54) is 0 Å². The van der Waals surface area contributed by atoms with Gasteiger partial charge in [-0.2, -0.15) is 0 Å². The number of nitrogens with zero attached hydrogens (tertiary/aromatic N) is 1. The summed E-state index contributed by atoms with van der Waals surface area (Å²) in [6.45, 7) is 1.23. The second-order valence-corrected chi connectivity index (χ2v) is 4.03. The highest BCUT2D eigenvalue weighted by Gasteiger charge is 2.10. The van der Waals surface area contributed by atoms with Crippen molar-refractivity contribution in [1.82, 2.24) is 4.90 Å². The van der Waals surface area contributed by atoms with Crippen LogP contribution < -0.4 is 5.73 Å². The third-order valence-electron chi connectivity index (χ3n) is 2.63. The number of benzene rings is 1. The summed E-state index contributed by atoms with van der Waals surface area (Å²) in [6.07, 6.45) is 0.295. The number of para-hydroxylation sites is 1. The van der Waals surface area contributed by atoms with E-state index < -0.39 is 0 Å². The standard InChI is InChI=1S/C13H20N2O3/c1-15(6-8-18-9-7-16)13(17)10-11-4-2-3-5-12(11)14/h2-5,16H,6-10,14H2,1H3. The Bertz CT molecular complexity index is 382. The number of carbonyl (C=O) groups is 1. The number of aliphatic hydroxyl groups is 1. The minimum atomic E-state index is -0.00178. The van der Waals surface area contributed by atoms with Crippen LogP contribution in [0.3, 0.4) is 0 Å². The molecule has 3 N–H and O–H groups in total. The molecule has 0 atom stereocenters. The molecule has 0 aliphatic heterocycles. The summed E-state index contributed by atoms with van der Waals surface area (Å²) in [6, 6.07) is 7.34. The molecule has 0 saturated carbocycles. The lowest BCUT2D eigenvalue weighted by Crippen LogP contribution is -2.31. The zero-order valence-corrected chi connectivity index (χ0v) is 10.6. The average molecular weight is 252 g/mol. The molecular weight excluding hydrogens is 232 g/mol. The molecule has 0 aliphatic rings. The molecule has 1 aromatic rings. The molecule has 0 aliphatic carbocycles. The van der Waals surface area contributed by atoms with Crippen molar-refractivity contribution in [2.75, 3.05) is 39.1 Å². The van der Waals surface area contributed by atoms with Gasteiger partial charge in [0.05, 0.1) is 26.2 Å². The Labute approximate surface area is 107 Å². The molecule has 0 heterocycles. The minimum Gasteiger partial charge on any atom is -0.398 e. The van der Waals surface area contributed by atoms with Gasteiger partial charge >= 0.3 is 0 Å². The fourth-order valence-corrected chi connectivity index (χ4v) is 1.49. The Balaban J connectivity index is 2.38. The number of rotatable bonds is 7. The largest absolute Gasteiger partial charge is 0.398 e. The van der Waals surface area contributed by atoms with Gasteiger partial charge in [0, 0.05) is 19.3 Å². The number of amides is 1. The molecule has 1 amide bonds. The van der Waals surface area contributed by atoms with E-state index in [1.807, 2.05) is 18.2 Å². The van der Waals surface area contributed by atoms with Crippen molar-refractivity contribution in [2.45, 2.75) is 6.42 Å². The van der Waals surface area contributed by atoms with E-state index >= 15 is 0 Å². The van der Waals surface area contributed by atoms with Gasteiger partial charge in [0.15, 0.2) is 0 Å². The van der Waals surface area contributed by atoms with Crippen molar-refractivity contribution in [3.63, 3.8) is 0 Å².